The van der Waals surface area contributed by atoms with Gasteiger partial charge in [0.05, 0.1) is 35.6 Å². The van der Waals surface area contributed by atoms with E-state index in [1.54, 1.807) is 26.2 Å². The van der Waals surface area contributed by atoms with Gasteiger partial charge in [0.2, 0.25) is 0 Å². The summed E-state index contributed by atoms with van der Waals surface area (Å²) in [5.74, 6) is 0.233. The SMILES string of the molecule is CCOC(=O)c1c(-c2cc(C)cc(C=CC#N)c2C)c2c(P=O)c(Cl)ccc2n1Cc1ccc(OC)cc1. The fourth-order valence-electron chi connectivity index (χ4n) is 4.69. The molecule has 1 heterocycles. The van der Waals surface area contributed by atoms with Gasteiger partial charge in [0, 0.05) is 23.6 Å². The number of nitrogens with zero attached hydrogens (tertiary/aromatic N) is 2. The van der Waals surface area contributed by atoms with Gasteiger partial charge in [-0.2, -0.15) is 5.26 Å². The number of methoxy groups -OCH3 is 1. The zero-order chi connectivity index (χ0) is 27.4. The molecule has 0 atom stereocenters. The molecule has 4 aromatic rings. The molecule has 0 radical (unpaired) electrons. The molecule has 0 aliphatic rings. The summed E-state index contributed by atoms with van der Waals surface area (Å²) in [7, 11) is 1.34. The van der Waals surface area contributed by atoms with Crippen LogP contribution in [0.1, 0.15) is 39.7 Å². The largest absolute Gasteiger partial charge is 0.497 e. The molecular weight excluding hydrogens is 519 g/mol. The second-order valence-corrected chi connectivity index (χ2v) is 9.79. The first-order valence-electron chi connectivity index (χ1n) is 12.0. The third-order valence-electron chi connectivity index (χ3n) is 6.41. The van der Waals surface area contributed by atoms with Gasteiger partial charge in [-0.1, -0.05) is 35.9 Å². The summed E-state index contributed by atoms with van der Waals surface area (Å²) in [6.45, 7) is 6.20. The number of aryl methyl sites for hydroxylation is 1. The minimum absolute atomic E-state index is 0.193. The first-order chi connectivity index (χ1) is 18.3. The van der Waals surface area contributed by atoms with E-state index in [-0.39, 0.29) is 15.1 Å². The average molecular weight is 545 g/mol. The van der Waals surface area contributed by atoms with Gasteiger partial charge in [0.25, 0.3) is 0 Å². The van der Waals surface area contributed by atoms with Crippen LogP contribution in [0.5, 0.6) is 5.75 Å². The minimum Gasteiger partial charge on any atom is -0.497 e. The number of carbonyl (C=O) groups excluding carboxylic acids is 1. The molecule has 3 aromatic carbocycles. The monoisotopic (exact) mass is 544 g/mol. The Labute approximate surface area is 228 Å². The molecule has 0 spiro atoms. The van der Waals surface area contributed by atoms with Crippen molar-refractivity contribution in [3.63, 3.8) is 0 Å². The Bertz CT molecular complexity index is 1610. The number of carbonyl (C=O) groups is 1. The van der Waals surface area contributed by atoms with E-state index in [0.717, 1.165) is 33.6 Å². The van der Waals surface area contributed by atoms with Crippen LogP contribution in [-0.4, -0.2) is 24.3 Å². The molecule has 8 heteroatoms. The van der Waals surface area contributed by atoms with Crippen molar-refractivity contribution in [3.8, 4) is 22.9 Å². The number of halogens is 1. The lowest BCUT2D eigenvalue weighted by Crippen LogP contribution is -2.14. The third kappa shape index (κ3) is 5.09. The number of hydrogen-bond acceptors (Lipinski definition) is 5. The highest BCUT2D eigenvalue weighted by atomic mass is 35.5. The molecule has 0 saturated carbocycles. The van der Waals surface area contributed by atoms with Crippen molar-refractivity contribution >= 4 is 48.3 Å². The molecule has 0 amide bonds. The maximum Gasteiger partial charge on any atom is 0.355 e. The lowest BCUT2D eigenvalue weighted by atomic mass is 9.92. The van der Waals surface area contributed by atoms with Crippen LogP contribution in [0.2, 0.25) is 5.02 Å². The first-order valence-corrected chi connectivity index (χ1v) is 13.2. The van der Waals surface area contributed by atoms with Crippen molar-refractivity contribution in [2.45, 2.75) is 27.3 Å². The average Bonchev–Trinajstić information content (AvgIpc) is 3.23. The van der Waals surface area contributed by atoms with Crippen LogP contribution in [0, 0.1) is 25.2 Å². The van der Waals surface area contributed by atoms with Gasteiger partial charge < -0.3 is 14.0 Å². The van der Waals surface area contributed by atoms with Gasteiger partial charge in [-0.25, -0.2) is 4.79 Å². The number of fused-ring (bicyclic) bond motifs is 1. The third-order valence-corrected chi connectivity index (χ3v) is 7.51. The Hall–Kier alpha value is -3.91. The van der Waals surface area contributed by atoms with Crippen LogP contribution < -0.4 is 10.0 Å². The van der Waals surface area contributed by atoms with Gasteiger partial charge >= 0.3 is 5.97 Å². The summed E-state index contributed by atoms with van der Waals surface area (Å²) in [6.07, 6.45) is 3.16. The molecular formula is C30H26ClN2O4P. The van der Waals surface area contributed by atoms with Crippen molar-refractivity contribution in [1.29, 1.82) is 5.26 Å². The lowest BCUT2D eigenvalue weighted by Gasteiger charge is -2.15. The Kier molecular flexibility index (Phi) is 8.32. The number of aromatic nitrogens is 1. The molecule has 38 heavy (non-hydrogen) atoms. The normalized spacial score (nSPS) is 11.3. The van der Waals surface area contributed by atoms with Crippen molar-refractivity contribution in [3.05, 3.63) is 87.6 Å². The summed E-state index contributed by atoms with van der Waals surface area (Å²) in [5.41, 5.74) is 6.01. The number of esters is 1. The van der Waals surface area contributed by atoms with E-state index in [1.807, 2.05) is 66.9 Å². The highest BCUT2D eigenvalue weighted by Gasteiger charge is 2.29. The summed E-state index contributed by atoms with van der Waals surface area (Å²) in [5, 5.41) is 10.5. The van der Waals surface area contributed by atoms with Gasteiger partial charge in [-0.3, -0.25) is 4.57 Å². The minimum atomic E-state index is -0.494. The highest BCUT2D eigenvalue weighted by Crippen LogP contribution is 2.40. The van der Waals surface area contributed by atoms with E-state index < -0.39 is 5.97 Å². The molecule has 0 saturated heterocycles. The van der Waals surface area contributed by atoms with E-state index in [0.29, 0.717) is 39.0 Å². The molecule has 0 aliphatic heterocycles. The van der Waals surface area contributed by atoms with Crippen molar-refractivity contribution < 1.29 is 18.8 Å². The van der Waals surface area contributed by atoms with Crippen LogP contribution in [0.4, 0.5) is 0 Å². The van der Waals surface area contributed by atoms with Crippen LogP contribution in [0.15, 0.2) is 54.6 Å². The number of hydrogen-bond donors (Lipinski definition) is 0. The van der Waals surface area contributed by atoms with Gasteiger partial charge in [-0.15, -0.1) is 0 Å². The first kappa shape index (κ1) is 27.1. The Morgan fingerprint density at radius 1 is 1.16 bits per heavy atom. The summed E-state index contributed by atoms with van der Waals surface area (Å²) < 4.78 is 25.2. The number of nitriles is 1. The molecule has 0 bridgehead atoms. The smallest absolute Gasteiger partial charge is 0.355 e. The Balaban J connectivity index is 2.14. The van der Waals surface area contributed by atoms with Crippen LogP contribution >= 0.6 is 20.1 Å². The van der Waals surface area contributed by atoms with E-state index in [1.165, 1.54) is 6.08 Å². The highest BCUT2D eigenvalue weighted by molar-refractivity contribution is 7.35. The zero-order valence-corrected chi connectivity index (χ0v) is 23.2. The second-order valence-electron chi connectivity index (χ2n) is 8.75. The second kappa shape index (κ2) is 11.6. The molecule has 0 fully saturated rings. The fraction of sp³-hybridized carbons (Fsp3) is 0.200. The van der Waals surface area contributed by atoms with Crippen LogP contribution in [-0.2, 0) is 15.8 Å². The molecule has 0 unspecified atom stereocenters. The van der Waals surface area contributed by atoms with Crippen molar-refractivity contribution in [2.75, 3.05) is 13.7 Å². The van der Waals surface area contributed by atoms with Crippen LogP contribution in [0.25, 0.3) is 28.1 Å². The number of benzene rings is 3. The molecule has 0 N–H and O–H groups in total. The van der Waals surface area contributed by atoms with E-state index in [9.17, 15) is 9.36 Å². The fourth-order valence-corrected chi connectivity index (χ4v) is 5.43. The lowest BCUT2D eigenvalue weighted by molar-refractivity contribution is 0.0516. The predicted molar refractivity (Wildman–Crippen MR) is 152 cm³/mol. The predicted octanol–water partition coefficient (Wildman–Crippen LogP) is 7.27. The zero-order valence-electron chi connectivity index (χ0n) is 21.5. The molecule has 4 rings (SSSR count). The molecule has 1 aromatic heterocycles. The van der Waals surface area contributed by atoms with E-state index in [4.69, 9.17) is 26.3 Å². The van der Waals surface area contributed by atoms with Gasteiger partial charge in [0.1, 0.15) is 11.4 Å². The maximum absolute atomic E-state index is 13.6. The van der Waals surface area contributed by atoms with Crippen molar-refractivity contribution in [1.82, 2.24) is 4.57 Å². The summed E-state index contributed by atoms with van der Waals surface area (Å²) >= 11 is 6.54. The van der Waals surface area contributed by atoms with Crippen LogP contribution in [0.3, 0.4) is 0 Å². The number of rotatable bonds is 8. The summed E-state index contributed by atoms with van der Waals surface area (Å²) in [6, 6.07) is 17.1. The quantitative estimate of drug-likeness (QED) is 0.132. The molecule has 192 valence electrons. The number of allylic oxidation sites excluding steroid dienone is 1. The molecule has 6 nitrogen and oxygen atoms in total. The van der Waals surface area contributed by atoms with Gasteiger partial charge in [-0.05, 0) is 78.9 Å². The topological polar surface area (TPSA) is 81.3 Å². The maximum atomic E-state index is 13.6. The van der Waals surface area contributed by atoms with E-state index in [2.05, 4.69) is 0 Å². The Morgan fingerprint density at radius 2 is 1.89 bits per heavy atom. The number of ether oxygens (including phenoxy) is 2. The standard InChI is InChI=1S/C30H26ClN2O4P/c1-5-37-30(34)28-26(23-16-18(2)15-21(19(23)3)7-6-14-32)27-25(13-12-24(31)29(27)38-35)33(28)17-20-8-10-22(36-4)11-9-20/h6-13,15-16H,5,17H2,1-4H3. The molecule has 0 aliphatic carbocycles. The Morgan fingerprint density at radius 3 is 2.53 bits per heavy atom. The van der Waals surface area contributed by atoms with Crippen molar-refractivity contribution in [2.24, 2.45) is 0 Å². The van der Waals surface area contributed by atoms with E-state index >= 15 is 0 Å². The van der Waals surface area contributed by atoms with Gasteiger partial charge in [0.15, 0.2) is 8.46 Å². The summed E-state index contributed by atoms with van der Waals surface area (Å²) in [4.78, 5) is 13.6.